The minimum atomic E-state index is -0.475. The van der Waals surface area contributed by atoms with Crippen LogP contribution in [0.2, 0.25) is 5.02 Å². The van der Waals surface area contributed by atoms with E-state index in [9.17, 15) is 4.79 Å². The van der Waals surface area contributed by atoms with Crippen LogP contribution >= 0.6 is 23.8 Å². The molecule has 0 radical (unpaired) electrons. The summed E-state index contributed by atoms with van der Waals surface area (Å²) in [4.78, 5) is 11.7. The summed E-state index contributed by atoms with van der Waals surface area (Å²) in [6.07, 6.45) is -0.203. The fourth-order valence-corrected chi connectivity index (χ4v) is 1.49. The molecule has 1 aromatic carbocycles. The highest BCUT2D eigenvalue weighted by Crippen LogP contribution is 2.21. The van der Waals surface area contributed by atoms with Crippen LogP contribution in [0, 0.1) is 0 Å². The van der Waals surface area contributed by atoms with Gasteiger partial charge >= 0.3 is 5.97 Å². The molecular weight excluding hydrogens is 260 g/mol. The lowest BCUT2D eigenvalue weighted by Crippen LogP contribution is -2.19. The number of nitrogens with one attached hydrogen (secondary N) is 1. The molecule has 0 aliphatic carbocycles. The number of ether oxygens (including phenoxy) is 1. The van der Waals surface area contributed by atoms with Crippen molar-refractivity contribution >= 4 is 40.6 Å². The van der Waals surface area contributed by atoms with E-state index in [1.807, 2.05) is 0 Å². The Morgan fingerprint density at radius 1 is 1.53 bits per heavy atom. The van der Waals surface area contributed by atoms with Crippen molar-refractivity contribution in [2.24, 2.45) is 5.73 Å². The standard InChI is InChI=1S/C11H13ClN2O2S/c1-6(2)16-10(15)8-5-7(14-11(13)17)3-4-9(8)12/h3-6H,1-2H3,(H3,13,14,17). The zero-order valence-corrected chi connectivity index (χ0v) is 11.1. The molecule has 0 heterocycles. The van der Waals surface area contributed by atoms with Crippen LogP contribution in [-0.4, -0.2) is 17.2 Å². The maximum Gasteiger partial charge on any atom is 0.339 e. The molecule has 92 valence electrons. The van der Waals surface area contributed by atoms with Crippen molar-refractivity contribution in [1.82, 2.24) is 0 Å². The van der Waals surface area contributed by atoms with Crippen LogP contribution in [0.5, 0.6) is 0 Å². The summed E-state index contributed by atoms with van der Waals surface area (Å²) in [6, 6.07) is 4.80. The number of halogens is 1. The molecule has 1 rings (SSSR count). The van der Waals surface area contributed by atoms with E-state index in [2.05, 4.69) is 5.32 Å². The van der Waals surface area contributed by atoms with E-state index in [1.165, 1.54) is 0 Å². The maximum absolute atomic E-state index is 11.7. The lowest BCUT2D eigenvalue weighted by Gasteiger charge is -2.11. The summed E-state index contributed by atoms with van der Waals surface area (Å²) in [7, 11) is 0. The number of nitrogens with two attached hydrogens (primary N) is 1. The van der Waals surface area contributed by atoms with Gasteiger partial charge in [0.1, 0.15) is 0 Å². The first-order valence-corrected chi connectivity index (χ1v) is 5.75. The van der Waals surface area contributed by atoms with Crippen LogP contribution in [-0.2, 0) is 4.74 Å². The number of hydrogen-bond donors (Lipinski definition) is 2. The molecule has 0 saturated heterocycles. The van der Waals surface area contributed by atoms with Crippen LogP contribution in [0.1, 0.15) is 24.2 Å². The van der Waals surface area contributed by atoms with Crippen molar-refractivity contribution in [2.75, 3.05) is 5.32 Å². The highest BCUT2D eigenvalue weighted by Gasteiger charge is 2.14. The molecule has 4 nitrogen and oxygen atoms in total. The fraction of sp³-hybridized carbons (Fsp3) is 0.273. The number of anilines is 1. The first-order chi connectivity index (χ1) is 7.90. The molecule has 0 aromatic heterocycles. The molecule has 0 bridgehead atoms. The van der Waals surface area contributed by atoms with Gasteiger partial charge in [-0.15, -0.1) is 0 Å². The van der Waals surface area contributed by atoms with E-state index in [0.29, 0.717) is 10.7 Å². The van der Waals surface area contributed by atoms with Gasteiger partial charge in [-0.05, 0) is 44.3 Å². The van der Waals surface area contributed by atoms with E-state index in [-0.39, 0.29) is 16.8 Å². The van der Waals surface area contributed by atoms with E-state index in [1.54, 1.807) is 32.0 Å². The topological polar surface area (TPSA) is 64.3 Å². The number of carbonyl (C=O) groups is 1. The van der Waals surface area contributed by atoms with Crippen LogP contribution in [0.3, 0.4) is 0 Å². The first-order valence-electron chi connectivity index (χ1n) is 4.97. The number of carbonyl (C=O) groups excluding carboxylic acids is 1. The molecule has 17 heavy (non-hydrogen) atoms. The number of thiocarbonyl (C=S) groups is 1. The van der Waals surface area contributed by atoms with Gasteiger partial charge in [-0.25, -0.2) is 4.79 Å². The highest BCUT2D eigenvalue weighted by molar-refractivity contribution is 7.80. The number of benzene rings is 1. The number of rotatable bonds is 3. The third-order valence-electron chi connectivity index (χ3n) is 1.80. The Balaban J connectivity index is 2.97. The zero-order chi connectivity index (χ0) is 13.0. The normalized spacial score (nSPS) is 10.1. The molecule has 0 spiro atoms. The quantitative estimate of drug-likeness (QED) is 0.654. The minimum absolute atomic E-state index is 0.121. The summed E-state index contributed by atoms with van der Waals surface area (Å²) >= 11 is 10.6. The van der Waals surface area contributed by atoms with E-state index in [4.69, 9.17) is 34.3 Å². The van der Waals surface area contributed by atoms with Gasteiger partial charge in [0.05, 0.1) is 16.7 Å². The fourth-order valence-electron chi connectivity index (χ4n) is 1.18. The van der Waals surface area contributed by atoms with Crippen LogP contribution in [0.25, 0.3) is 0 Å². The Kier molecular flexibility index (Phi) is 4.72. The van der Waals surface area contributed by atoms with E-state index >= 15 is 0 Å². The molecule has 0 amide bonds. The molecule has 0 saturated carbocycles. The van der Waals surface area contributed by atoms with Gasteiger partial charge in [-0.3, -0.25) is 0 Å². The minimum Gasteiger partial charge on any atom is -0.459 e. The van der Waals surface area contributed by atoms with Crippen LogP contribution in [0.4, 0.5) is 5.69 Å². The van der Waals surface area contributed by atoms with Crippen molar-refractivity contribution < 1.29 is 9.53 Å². The predicted molar refractivity (Wildman–Crippen MR) is 72.4 cm³/mol. The van der Waals surface area contributed by atoms with Gasteiger partial charge in [-0.2, -0.15) is 0 Å². The summed E-state index contributed by atoms with van der Waals surface area (Å²) in [6.45, 7) is 3.53. The second-order valence-corrected chi connectivity index (χ2v) is 4.48. The van der Waals surface area contributed by atoms with Gasteiger partial charge in [0.15, 0.2) is 5.11 Å². The van der Waals surface area contributed by atoms with E-state index < -0.39 is 5.97 Å². The van der Waals surface area contributed by atoms with Gasteiger partial charge < -0.3 is 15.8 Å². The largest absolute Gasteiger partial charge is 0.459 e. The zero-order valence-electron chi connectivity index (χ0n) is 9.49. The Hall–Kier alpha value is -1.33. The molecule has 0 atom stereocenters. The molecule has 1 aromatic rings. The predicted octanol–water partition coefficient (Wildman–Crippen LogP) is 2.56. The third-order valence-corrected chi connectivity index (χ3v) is 2.23. The Morgan fingerprint density at radius 2 is 2.18 bits per heavy atom. The molecule has 0 unspecified atom stereocenters. The van der Waals surface area contributed by atoms with Gasteiger partial charge in [0.25, 0.3) is 0 Å². The Morgan fingerprint density at radius 3 is 2.71 bits per heavy atom. The maximum atomic E-state index is 11.7. The molecular formula is C11H13ClN2O2S. The van der Waals surface area contributed by atoms with Gasteiger partial charge in [-0.1, -0.05) is 11.6 Å². The summed E-state index contributed by atoms with van der Waals surface area (Å²) in [5.41, 5.74) is 6.21. The van der Waals surface area contributed by atoms with Crippen LogP contribution in [0.15, 0.2) is 18.2 Å². The molecule has 0 aliphatic heterocycles. The van der Waals surface area contributed by atoms with Crippen molar-refractivity contribution in [3.63, 3.8) is 0 Å². The molecule has 6 heteroatoms. The van der Waals surface area contributed by atoms with Crippen LogP contribution < -0.4 is 11.1 Å². The Bertz CT molecular complexity index is 449. The molecule has 0 fully saturated rings. The van der Waals surface area contributed by atoms with Crippen molar-refractivity contribution in [1.29, 1.82) is 0 Å². The van der Waals surface area contributed by atoms with E-state index in [0.717, 1.165) is 0 Å². The van der Waals surface area contributed by atoms with Gasteiger partial charge in [0, 0.05) is 5.69 Å². The summed E-state index contributed by atoms with van der Waals surface area (Å²) < 4.78 is 5.06. The second kappa shape index (κ2) is 5.84. The number of esters is 1. The third kappa shape index (κ3) is 4.20. The second-order valence-electron chi connectivity index (χ2n) is 3.64. The average molecular weight is 273 g/mol. The lowest BCUT2D eigenvalue weighted by molar-refractivity contribution is 0.0378. The number of hydrogen-bond acceptors (Lipinski definition) is 3. The SMILES string of the molecule is CC(C)OC(=O)c1cc(NC(N)=S)ccc1Cl. The smallest absolute Gasteiger partial charge is 0.339 e. The highest BCUT2D eigenvalue weighted by atomic mass is 35.5. The lowest BCUT2D eigenvalue weighted by atomic mass is 10.2. The van der Waals surface area contributed by atoms with Crippen molar-refractivity contribution in [3.8, 4) is 0 Å². The Labute approximate surface area is 110 Å². The summed E-state index contributed by atoms with van der Waals surface area (Å²) in [5, 5.41) is 3.17. The van der Waals surface area contributed by atoms with Gasteiger partial charge in [0.2, 0.25) is 0 Å². The average Bonchev–Trinajstić information content (AvgIpc) is 2.19. The monoisotopic (exact) mass is 272 g/mol. The summed E-state index contributed by atoms with van der Waals surface area (Å²) in [5.74, 6) is -0.475. The molecule has 3 N–H and O–H groups in total. The van der Waals surface area contributed by atoms with Crippen molar-refractivity contribution in [2.45, 2.75) is 20.0 Å². The first kappa shape index (κ1) is 13.7. The van der Waals surface area contributed by atoms with Crippen molar-refractivity contribution in [3.05, 3.63) is 28.8 Å². The molecule has 0 aliphatic rings.